The van der Waals surface area contributed by atoms with E-state index in [0.29, 0.717) is 16.6 Å². The number of amides is 1. The van der Waals surface area contributed by atoms with E-state index in [4.69, 9.17) is 5.11 Å². The maximum atomic E-state index is 12.7. The lowest BCUT2D eigenvalue weighted by Gasteiger charge is -2.56. The highest BCUT2D eigenvalue weighted by Crippen LogP contribution is 2.59. The molecule has 26 heavy (non-hydrogen) atoms. The predicted molar refractivity (Wildman–Crippen MR) is 95.1 cm³/mol. The maximum absolute atomic E-state index is 12.7. The topological polar surface area (TPSA) is 83.7 Å². The molecule has 6 heteroatoms. The first kappa shape index (κ1) is 15.9. The third kappa shape index (κ3) is 2.59. The number of pyridine rings is 1. The number of carboxylic acid groups (broad SMARTS) is 1. The van der Waals surface area contributed by atoms with Crippen molar-refractivity contribution in [1.82, 2.24) is 14.7 Å². The maximum Gasteiger partial charge on any atom is 0.356 e. The number of carbonyl (C=O) groups is 2. The van der Waals surface area contributed by atoms with Gasteiger partial charge in [-0.3, -0.25) is 4.79 Å². The highest BCUT2D eigenvalue weighted by atomic mass is 16.4. The van der Waals surface area contributed by atoms with Gasteiger partial charge in [0.15, 0.2) is 5.69 Å². The first-order valence-corrected chi connectivity index (χ1v) is 9.50. The quantitative estimate of drug-likeness (QED) is 0.885. The van der Waals surface area contributed by atoms with Crippen LogP contribution < -0.4 is 5.32 Å². The fraction of sp³-hybridized carbons (Fsp3) is 0.550. The summed E-state index contributed by atoms with van der Waals surface area (Å²) in [5, 5.41) is 12.2. The van der Waals surface area contributed by atoms with Crippen molar-refractivity contribution in [3.8, 4) is 0 Å². The van der Waals surface area contributed by atoms with Crippen LogP contribution in [0, 0.1) is 23.2 Å². The Morgan fingerprint density at radius 1 is 1.12 bits per heavy atom. The molecule has 4 fully saturated rings. The second-order valence-corrected chi connectivity index (χ2v) is 8.71. The van der Waals surface area contributed by atoms with Gasteiger partial charge >= 0.3 is 5.97 Å². The van der Waals surface area contributed by atoms with Crippen LogP contribution in [-0.2, 0) is 0 Å². The number of fused-ring (bicyclic) bond motifs is 1. The van der Waals surface area contributed by atoms with Crippen LogP contribution in [0.1, 0.15) is 59.4 Å². The molecule has 2 N–H and O–H groups in total. The number of hydrogen-bond donors (Lipinski definition) is 2. The molecule has 0 spiro atoms. The molecule has 6 nitrogen and oxygen atoms in total. The predicted octanol–water partition coefficient (Wildman–Crippen LogP) is 2.98. The number of rotatable bonds is 4. The van der Waals surface area contributed by atoms with Gasteiger partial charge in [-0.1, -0.05) is 0 Å². The average Bonchev–Trinajstić information content (AvgIpc) is 3.02. The molecule has 4 aliphatic carbocycles. The van der Waals surface area contributed by atoms with E-state index in [-0.39, 0.29) is 11.6 Å². The lowest BCUT2D eigenvalue weighted by Crippen LogP contribution is -2.51. The van der Waals surface area contributed by atoms with Crippen LogP contribution >= 0.6 is 0 Å². The molecule has 0 aromatic carbocycles. The summed E-state index contributed by atoms with van der Waals surface area (Å²) >= 11 is 0. The minimum atomic E-state index is -1.07. The van der Waals surface area contributed by atoms with Gasteiger partial charge in [0.25, 0.3) is 5.91 Å². The van der Waals surface area contributed by atoms with Crippen LogP contribution in [0.15, 0.2) is 24.5 Å². The van der Waals surface area contributed by atoms with Gasteiger partial charge in [-0.05, 0) is 73.8 Å². The summed E-state index contributed by atoms with van der Waals surface area (Å²) in [6.45, 7) is 0.762. The van der Waals surface area contributed by atoms with Crippen LogP contribution in [0.25, 0.3) is 5.65 Å². The summed E-state index contributed by atoms with van der Waals surface area (Å²) in [7, 11) is 0. The molecule has 2 aromatic heterocycles. The SMILES string of the molecule is O=C(NCC12CC3CC(CC(C3)C1)C2)c1ccc2nc(C(=O)O)cn2c1. The second-order valence-electron chi connectivity index (χ2n) is 8.71. The molecule has 4 saturated carbocycles. The normalized spacial score (nSPS) is 32.1. The molecule has 1 amide bonds. The Morgan fingerprint density at radius 3 is 2.38 bits per heavy atom. The molecule has 0 aliphatic heterocycles. The van der Waals surface area contributed by atoms with Crippen LogP contribution in [0.5, 0.6) is 0 Å². The lowest BCUT2D eigenvalue weighted by molar-refractivity contribution is -0.0503. The minimum Gasteiger partial charge on any atom is -0.476 e. The highest BCUT2D eigenvalue weighted by molar-refractivity contribution is 5.94. The van der Waals surface area contributed by atoms with Crippen LogP contribution in [0.2, 0.25) is 0 Å². The number of aromatic nitrogens is 2. The molecule has 0 unspecified atom stereocenters. The average molecular weight is 353 g/mol. The van der Waals surface area contributed by atoms with Crippen molar-refractivity contribution in [1.29, 1.82) is 0 Å². The van der Waals surface area contributed by atoms with Crippen LogP contribution in [0.3, 0.4) is 0 Å². The van der Waals surface area contributed by atoms with Crippen LogP contribution in [-0.4, -0.2) is 32.9 Å². The van der Waals surface area contributed by atoms with Crippen LogP contribution in [0.4, 0.5) is 0 Å². The van der Waals surface area contributed by atoms with Gasteiger partial charge in [0.2, 0.25) is 0 Å². The Hall–Kier alpha value is -2.37. The lowest BCUT2D eigenvalue weighted by atomic mass is 9.49. The standard InChI is InChI=1S/C20H23N3O3/c24-18(15-1-2-17-22-16(19(25)26)10-23(17)9-15)21-11-20-6-12-3-13(7-20)5-14(4-12)8-20/h1-2,9-10,12-14H,3-8,11H2,(H,21,24)(H,25,26). The van der Waals surface area contributed by atoms with Crippen molar-refractivity contribution in [2.75, 3.05) is 6.54 Å². The van der Waals surface area contributed by atoms with Crippen molar-refractivity contribution in [3.63, 3.8) is 0 Å². The molecule has 4 bridgehead atoms. The zero-order valence-corrected chi connectivity index (χ0v) is 14.6. The van der Waals surface area contributed by atoms with Gasteiger partial charge in [-0.25, -0.2) is 9.78 Å². The van der Waals surface area contributed by atoms with Gasteiger partial charge in [-0.15, -0.1) is 0 Å². The van der Waals surface area contributed by atoms with E-state index in [0.717, 1.165) is 24.3 Å². The van der Waals surface area contributed by atoms with E-state index in [1.165, 1.54) is 44.7 Å². The summed E-state index contributed by atoms with van der Waals surface area (Å²) in [4.78, 5) is 27.7. The number of imidazole rings is 1. The van der Waals surface area contributed by atoms with E-state index < -0.39 is 5.97 Å². The van der Waals surface area contributed by atoms with Crippen molar-refractivity contribution in [2.45, 2.75) is 38.5 Å². The Kier molecular flexibility index (Phi) is 3.39. The van der Waals surface area contributed by atoms with Crippen molar-refractivity contribution in [2.24, 2.45) is 23.2 Å². The van der Waals surface area contributed by atoms with E-state index in [1.807, 2.05) is 0 Å². The van der Waals surface area contributed by atoms with Crippen molar-refractivity contribution < 1.29 is 14.7 Å². The molecule has 0 atom stereocenters. The Labute approximate surface area is 151 Å². The van der Waals surface area contributed by atoms with Gasteiger partial charge in [0.05, 0.1) is 5.56 Å². The molecule has 2 heterocycles. The Bertz CT molecular complexity index is 866. The molecule has 6 rings (SSSR count). The first-order chi connectivity index (χ1) is 12.5. The molecule has 0 saturated heterocycles. The molecule has 2 aromatic rings. The minimum absolute atomic E-state index is 0.0175. The smallest absolute Gasteiger partial charge is 0.356 e. The number of hydrogen-bond acceptors (Lipinski definition) is 3. The largest absolute Gasteiger partial charge is 0.476 e. The van der Waals surface area contributed by atoms with Gasteiger partial charge in [-0.2, -0.15) is 0 Å². The monoisotopic (exact) mass is 353 g/mol. The van der Waals surface area contributed by atoms with Gasteiger partial charge in [0, 0.05) is 18.9 Å². The first-order valence-electron chi connectivity index (χ1n) is 9.50. The summed E-state index contributed by atoms with van der Waals surface area (Å²) in [6.07, 6.45) is 11.1. The van der Waals surface area contributed by atoms with E-state index in [9.17, 15) is 9.59 Å². The molecule has 4 aliphatic rings. The molecular weight excluding hydrogens is 330 g/mol. The van der Waals surface area contributed by atoms with E-state index >= 15 is 0 Å². The van der Waals surface area contributed by atoms with E-state index in [1.54, 1.807) is 22.7 Å². The number of nitrogens with one attached hydrogen (secondary N) is 1. The van der Waals surface area contributed by atoms with Crippen molar-refractivity contribution >= 4 is 17.5 Å². The highest BCUT2D eigenvalue weighted by Gasteiger charge is 2.50. The Balaban J connectivity index is 1.31. The van der Waals surface area contributed by atoms with Gasteiger partial charge < -0.3 is 14.8 Å². The van der Waals surface area contributed by atoms with Gasteiger partial charge in [0.1, 0.15) is 5.65 Å². The third-order valence-corrected chi connectivity index (χ3v) is 6.72. The fourth-order valence-corrected chi connectivity index (χ4v) is 6.11. The fourth-order valence-electron chi connectivity index (χ4n) is 6.11. The van der Waals surface area contributed by atoms with E-state index in [2.05, 4.69) is 10.3 Å². The molecule has 136 valence electrons. The van der Waals surface area contributed by atoms with Crippen molar-refractivity contribution in [3.05, 3.63) is 35.8 Å². The molecular formula is C20H23N3O3. The zero-order chi connectivity index (χ0) is 17.9. The second kappa shape index (κ2) is 5.56. The number of carbonyl (C=O) groups excluding carboxylic acids is 1. The summed E-state index contributed by atoms with van der Waals surface area (Å²) in [5.41, 5.74) is 1.35. The summed E-state index contributed by atoms with van der Waals surface area (Å²) < 4.78 is 1.60. The summed E-state index contributed by atoms with van der Waals surface area (Å²) in [6, 6.07) is 3.40. The molecule has 0 radical (unpaired) electrons. The zero-order valence-electron chi connectivity index (χ0n) is 14.6. The number of carboxylic acids is 1. The summed E-state index contributed by atoms with van der Waals surface area (Å²) in [5.74, 6) is 1.45. The third-order valence-electron chi connectivity index (χ3n) is 6.72. The number of nitrogens with zero attached hydrogens (tertiary/aromatic N) is 2. The Morgan fingerprint density at radius 2 is 1.77 bits per heavy atom. The number of aromatic carboxylic acids is 1.